The Morgan fingerprint density at radius 3 is 0.980 bits per heavy atom. The van der Waals surface area contributed by atoms with Crippen LogP contribution in [-0.4, -0.2) is 40.9 Å². The molecular formula is C42H29NO8. The first-order valence-electron chi connectivity index (χ1n) is 15.9. The van der Waals surface area contributed by atoms with Gasteiger partial charge in [0, 0.05) is 5.69 Å². The molecular weight excluding hydrogens is 646 g/mol. The molecule has 0 aliphatic carbocycles. The zero-order chi connectivity index (χ0) is 35.6. The molecule has 0 unspecified atom stereocenters. The van der Waals surface area contributed by atoms with Crippen LogP contribution in [0.15, 0.2) is 127 Å². The van der Waals surface area contributed by atoms with Crippen LogP contribution in [0.2, 0.25) is 0 Å². The minimum absolute atomic E-state index is 0.0941. The molecule has 250 valence electrons. The van der Waals surface area contributed by atoms with Crippen LogP contribution in [0.25, 0.3) is 54.6 Å². The molecule has 0 atom stereocenters. The average molecular weight is 676 g/mol. The van der Waals surface area contributed by atoms with Crippen molar-refractivity contribution < 1.29 is 40.9 Å². The molecule has 0 saturated carbocycles. The van der Waals surface area contributed by atoms with Gasteiger partial charge in [0.05, 0.1) is 11.1 Å². The Balaban J connectivity index is 1.49. The zero-order valence-corrected chi connectivity index (χ0v) is 26.6. The number of phenolic OH excluding ortho intramolecular Hbond substituents is 8. The van der Waals surface area contributed by atoms with Crippen molar-refractivity contribution in [1.82, 2.24) is 0 Å². The van der Waals surface area contributed by atoms with Crippen molar-refractivity contribution in [1.29, 1.82) is 0 Å². The number of nitrogens with zero attached hydrogens (tertiary/aromatic N) is 1. The smallest absolute Gasteiger partial charge is 0.186 e. The molecule has 9 nitrogen and oxygen atoms in total. The third kappa shape index (κ3) is 4.63. The van der Waals surface area contributed by atoms with Crippen molar-refractivity contribution in [2.45, 2.75) is 0 Å². The predicted molar refractivity (Wildman–Crippen MR) is 198 cm³/mol. The number of fused-ring (bicyclic) bond motifs is 6. The second kappa shape index (κ2) is 11.7. The topological polar surface area (TPSA) is 165 Å². The highest BCUT2D eigenvalue weighted by Crippen LogP contribution is 2.63. The second-order valence-corrected chi connectivity index (χ2v) is 12.1. The van der Waals surface area contributed by atoms with Gasteiger partial charge >= 0.3 is 0 Å². The molecule has 0 aliphatic heterocycles. The monoisotopic (exact) mass is 675 g/mol. The van der Waals surface area contributed by atoms with Gasteiger partial charge < -0.3 is 40.9 Å². The third-order valence-corrected chi connectivity index (χ3v) is 9.30. The van der Waals surface area contributed by atoms with Crippen LogP contribution in [-0.2, 0) is 0 Å². The maximum Gasteiger partial charge on any atom is 0.186 e. The molecule has 8 aromatic rings. The van der Waals surface area contributed by atoms with Crippen LogP contribution in [0.1, 0.15) is 0 Å². The summed E-state index contributed by atoms with van der Waals surface area (Å²) >= 11 is 0. The molecule has 8 rings (SSSR count). The Bertz CT molecular complexity index is 2480. The quantitative estimate of drug-likeness (QED) is 0.0504. The standard InChI is InChI=1S/C42H29NO8/c44-35-31(22-11-3-1-4-12-22)36(45)40(49)33(39(35)48)43(34-41(50)37(46)32(38(47)42(34)51)23-13-5-2-6-14-23)24-19-20-29-27-17-8-7-15-25(27)26-16-9-10-18-28(26)30(29)21-24/h1-21,44-51H. The van der Waals surface area contributed by atoms with E-state index in [0.717, 1.165) is 31.8 Å². The van der Waals surface area contributed by atoms with Crippen LogP contribution in [0.4, 0.5) is 17.1 Å². The van der Waals surface area contributed by atoms with Crippen molar-refractivity contribution in [3.63, 3.8) is 0 Å². The normalized spacial score (nSPS) is 11.4. The summed E-state index contributed by atoms with van der Waals surface area (Å²) < 4.78 is 0. The van der Waals surface area contributed by atoms with Gasteiger partial charge in [0.25, 0.3) is 0 Å². The van der Waals surface area contributed by atoms with E-state index in [4.69, 9.17) is 0 Å². The fraction of sp³-hybridized carbons (Fsp3) is 0. The highest BCUT2D eigenvalue weighted by atomic mass is 16.3. The van der Waals surface area contributed by atoms with E-state index >= 15 is 0 Å². The molecule has 9 heteroatoms. The average Bonchev–Trinajstić information content (AvgIpc) is 3.17. The number of aromatic hydroxyl groups is 8. The largest absolute Gasteiger partial charge is 0.504 e. The van der Waals surface area contributed by atoms with Crippen LogP contribution in [0.5, 0.6) is 46.0 Å². The van der Waals surface area contributed by atoms with E-state index in [1.807, 2.05) is 48.5 Å². The highest BCUT2D eigenvalue weighted by molar-refractivity contribution is 6.26. The van der Waals surface area contributed by atoms with Gasteiger partial charge in [0.15, 0.2) is 46.0 Å². The molecule has 0 aromatic heterocycles. The van der Waals surface area contributed by atoms with Crippen LogP contribution in [0, 0.1) is 0 Å². The maximum atomic E-state index is 11.7. The van der Waals surface area contributed by atoms with E-state index in [-0.39, 0.29) is 27.9 Å². The second-order valence-electron chi connectivity index (χ2n) is 12.1. The zero-order valence-electron chi connectivity index (χ0n) is 26.6. The number of rotatable bonds is 5. The summed E-state index contributed by atoms with van der Waals surface area (Å²) in [5, 5.41) is 97.4. The minimum atomic E-state index is -0.933. The number of anilines is 3. The van der Waals surface area contributed by atoms with Crippen LogP contribution in [0.3, 0.4) is 0 Å². The molecule has 0 saturated heterocycles. The van der Waals surface area contributed by atoms with Gasteiger partial charge in [0.1, 0.15) is 11.4 Å². The first kappa shape index (κ1) is 31.0. The van der Waals surface area contributed by atoms with Crippen molar-refractivity contribution >= 4 is 49.4 Å². The highest BCUT2D eigenvalue weighted by Gasteiger charge is 2.35. The molecule has 8 N–H and O–H groups in total. The number of hydrogen-bond acceptors (Lipinski definition) is 9. The molecule has 0 amide bonds. The van der Waals surface area contributed by atoms with Gasteiger partial charge in [-0.3, -0.25) is 4.90 Å². The lowest BCUT2D eigenvalue weighted by Crippen LogP contribution is -2.12. The molecule has 8 aromatic carbocycles. The van der Waals surface area contributed by atoms with Crippen LogP contribution >= 0.6 is 0 Å². The molecule has 0 bridgehead atoms. The van der Waals surface area contributed by atoms with Gasteiger partial charge in [-0.1, -0.05) is 115 Å². The molecule has 0 fully saturated rings. The van der Waals surface area contributed by atoms with Crippen LogP contribution < -0.4 is 4.90 Å². The summed E-state index contributed by atoms with van der Waals surface area (Å²) in [5.74, 6) is -7.00. The molecule has 51 heavy (non-hydrogen) atoms. The van der Waals surface area contributed by atoms with E-state index in [9.17, 15) is 40.9 Å². The number of hydrogen-bond donors (Lipinski definition) is 8. The molecule has 0 radical (unpaired) electrons. The van der Waals surface area contributed by atoms with Crippen molar-refractivity contribution in [2.75, 3.05) is 4.90 Å². The summed E-state index contributed by atoms with van der Waals surface area (Å²) in [6.07, 6.45) is 0. The Labute approximate surface area is 290 Å². The lowest BCUT2D eigenvalue weighted by atomic mass is 9.93. The third-order valence-electron chi connectivity index (χ3n) is 9.30. The maximum absolute atomic E-state index is 11.7. The predicted octanol–water partition coefficient (Wildman–Crippen LogP) is 9.59. The molecule has 0 heterocycles. The van der Waals surface area contributed by atoms with E-state index in [1.165, 1.54) is 0 Å². The summed E-state index contributed by atoms with van der Waals surface area (Å²) in [7, 11) is 0. The van der Waals surface area contributed by atoms with Gasteiger partial charge in [-0.05, 0) is 55.6 Å². The number of phenols is 8. The Morgan fingerprint density at radius 2 is 0.608 bits per heavy atom. The van der Waals surface area contributed by atoms with Gasteiger partial charge in [-0.25, -0.2) is 0 Å². The summed E-state index contributed by atoms with van der Waals surface area (Å²) in [6.45, 7) is 0. The van der Waals surface area contributed by atoms with Gasteiger partial charge in [-0.2, -0.15) is 0 Å². The van der Waals surface area contributed by atoms with Crippen molar-refractivity contribution in [2.24, 2.45) is 0 Å². The molecule has 0 spiro atoms. The summed E-state index contributed by atoms with van der Waals surface area (Å²) in [4.78, 5) is 0.959. The van der Waals surface area contributed by atoms with Gasteiger partial charge in [-0.15, -0.1) is 0 Å². The van der Waals surface area contributed by atoms with Crippen molar-refractivity contribution in [3.05, 3.63) is 127 Å². The van der Waals surface area contributed by atoms with E-state index in [1.54, 1.807) is 78.9 Å². The lowest BCUT2D eigenvalue weighted by Gasteiger charge is -2.30. The lowest BCUT2D eigenvalue weighted by molar-refractivity contribution is 0.372. The Hall–Kier alpha value is -7.26. The number of benzene rings is 8. The Kier molecular flexibility index (Phi) is 7.13. The molecule has 0 aliphatic rings. The van der Waals surface area contributed by atoms with E-state index < -0.39 is 57.4 Å². The van der Waals surface area contributed by atoms with Gasteiger partial charge in [0.2, 0.25) is 0 Å². The first-order chi connectivity index (χ1) is 24.7. The fourth-order valence-electron chi connectivity index (χ4n) is 6.96. The Morgan fingerprint density at radius 1 is 0.294 bits per heavy atom. The van der Waals surface area contributed by atoms with Crippen molar-refractivity contribution in [3.8, 4) is 68.2 Å². The SMILES string of the molecule is Oc1c(O)c(N(c2ccc3c4ccccc4c4ccccc4c3c2)c2c(O)c(O)c(-c3ccccc3)c(O)c2O)c(O)c(O)c1-c1ccccc1. The van der Waals surface area contributed by atoms with E-state index in [0.29, 0.717) is 5.39 Å². The summed E-state index contributed by atoms with van der Waals surface area (Å²) in [5.41, 5.74) is -1.23. The van der Waals surface area contributed by atoms with E-state index in [2.05, 4.69) is 0 Å². The first-order valence-corrected chi connectivity index (χ1v) is 15.9. The fourth-order valence-corrected chi connectivity index (χ4v) is 6.96. The minimum Gasteiger partial charge on any atom is -0.504 e. The summed E-state index contributed by atoms with van der Waals surface area (Å²) in [6, 6.07) is 36.8.